The Morgan fingerprint density at radius 2 is 1.17 bits per heavy atom. The molecule has 0 amide bonds. The van der Waals surface area contributed by atoms with Crippen molar-refractivity contribution in [2.24, 2.45) is 0 Å². The van der Waals surface area contributed by atoms with Gasteiger partial charge in [-0.05, 0) is 53.8 Å². The summed E-state index contributed by atoms with van der Waals surface area (Å²) in [6.45, 7) is 2.65. The first-order valence-corrected chi connectivity index (χ1v) is 12.8. The van der Waals surface area contributed by atoms with Gasteiger partial charge in [0.25, 0.3) is 0 Å². The van der Waals surface area contributed by atoms with Gasteiger partial charge in [-0.25, -0.2) is 0 Å². The molecule has 3 rings (SSSR count). The van der Waals surface area contributed by atoms with E-state index in [2.05, 4.69) is 43.3 Å². The fourth-order valence-electron chi connectivity index (χ4n) is 4.55. The van der Waals surface area contributed by atoms with E-state index in [1.807, 2.05) is 42.5 Å². The van der Waals surface area contributed by atoms with Gasteiger partial charge in [-0.2, -0.15) is 0 Å². The highest BCUT2D eigenvalue weighted by atomic mass is 16.5. The predicted octanol–water partition coefficient (Wildman–Crippen LogP) is 7.12. The number of hydrogen-bond acceptors (Lipinski definition) is 4. The van der Waals surface area contributed by atoms with Crippen LogP contribution >= 0.6 is 0 Å². The molecule has 0 saturated heterocycles. The fourth-order valence-corrected chi connectivity index (χ4v) is 4.55. The van der Waals surface area contributed by atoms with Crippen molar-refractivity contribution in [3.8, 4) is 11.5 Å². The van der Waals surface area contributed by atoms with Gasteiger partial charge in [0.15, 0.2) is 0 Å². The van der Waals surface area contributed by atoms with Crippen LogP contribution in [0.2, 0.25) is 0 Å². The van der Waals surface area contributed by atoms with Crippen LogP contribution in [0.25, 0.3) is 0 Å². The van der Waals surface area contributed by atoms with Crippen LogP contribution in [0, 0.1) is 0 Å². The highest BCUT2D eigenvalue weighted by Crippen LogP contribution is 2.41. The maximum atomic E-state index is 10.6. The Kier molecular flexibility index (Phi) is 10.6. The second-order valence-electron chi connectivity index (χ2n) is 9.00. The lowest BCUT2D eigenvalue weighted by molar-refractivity contribution is -0.00663. The Labute approximate surface area is 210 Å². The third kappa shape index (κ3) is 7.09. The first kappa shape index (κ1) is 26.8. The van der Waals surface area contributed by atoms with Crippen molar-refractivity contribution in [1.82, 2.24) is 0 Å². The van der Waals surface area contributed by atoms with Crippen molar-refractivity contribution in [2.75, 3.05) is 20.8 Å². The van der Waals surface area contributed by atoms with Crippen molar-refractivity contribution < 1.29 is 19.3 Å². The second-order valence-corrected chi connectivity index (χ2v) is 9.00. The van der Waals surface area contributed by atoms with Crippen molar-refractivity contribution in [3.63, 3.8) is 0 Å². The van der Waals surface area contributed by atoms with Gasteiger partial charge in [0.2, 0.25) is 0 Å². The summed E-state index contributed by atoms with van der Waals surface area (Å²) in [5.74, 6) is 1.59. The first-order chi connectivity index (χ1) is 17.1. The van der Waals surface area contributed by atoms with Gasteiger partial charge >= 0.3 is 0 Å². The van der Waals surface area contributed by atoms with E-state index in [-0.39, 0.29) is 6.10 Å². The lowest BCUT2D eigenvalue weighted by Crippen LogP contribution is -2.34. The van der Waals surface area contributed by atoms with Crippen LogP contribution in [0.15, 0.2) is 78.9 Å². The summed E-state index contributed by atoms with van der Waals surface area (Å²) in [6, 6.07) is 26.3. The first-order valence-electron chi connectivity index (χ1n) is 12.8. The molecule has 0 radical (unpaired) electrons. The predicted molar refractivity (Wildman–Crippen MR) is 142 cm³/mol. The van der Waals surface area contributed by atoms with E-state index in [1.165, 1.54) is 25.7 Å². The lowest BCUT2D eigenvalue weighted by Gasteiger charge is -2.36. The maximum Gasteiger partial charge on any atom is 0.143 e. The molecule has 4 heteroatoms. The van der Waals surface area contributed by atoms with Crippen molar-refractivity contribution in [1.29, 1.82) is 0 Å². The molecular formula is C31H40O4. The number of rotatable bonds is 15. The largest absolute Gasteiger partial charge is 0.497 e. The Hall–Kier alpha value is -2.82. The molecule has 188 valence electrons. The van der Waals surface area contributed by atoms with Crippen LogP contribution in [0.3, 0.4) is 0 Å². The number of benzene rings is 3. The number of aliphatic hydroxyl groups is 1. The molecule has 1 N–H and O–H groups in total. The molecular weight excluding hydrogens is 436 g/mol. The molecule has 0 aliphatic carbocycles. The van der Waals surface area contributed by atoms with Crippen LogP contribution in [0.4, 0.5) is 0 Å². The van der Waals surface area contributed by atoms with Gasteiger partial charge in [-0.15, -0.1) is 0 Å². The fraction of sp³-hybridized carbons (Fsp3) is 0.419. The summed E-state index contributed by atoms with van der Waals surface area (Å²) in [5, 5.41) is 10.6. The molecule has 1 atom stereocenters. The zero-order valence-corrected chi connectivity index (χ0v) is 21.4. The van der Waals surface area contributed by atoms with E-state index in [0.29, 0.717) is 13.0 Å². The Morgan fingerprint density at radius 1 is 0.657 bits per heavy atom. The van der Waals surface area contributed by atoms with Crippen LogP contribution < -0.4 is 9.47 Å². The Morgan fingerprint density at radius 3 is 1.69 bits per heavy atom. The molecule has 4 nitrogen and oxygen atoms in total. The van der Waals surface area contributed by atoms with Crippen molar-refractivity contribution in [3.05, 3.63) is 95.6 Å². The molecule has 35 heavy (non-hydrogen) atoms. The topological polar surface area (TPSA) is 47.9 Å². The van der Waals surface area contributed by atoms with Gasteiger partial charge < -0.3 is 19.3 Å². The van der Waals surface area contributed by atoms with Crippen molar-refractivity contribution >= 4 is 0 Å². The number of ether oxygens (including phenoxy) is 3. The summed E-state index contributed by atoms with van der Waals surface area (Å²) >= 11 is 0. The van der Waals surface area contributed by atoms with E-state index >= 15 is 0 Å². The summed E-state index contributed by atoms with van der Waals surface area (Å²) in [5.41, 5.74) is 2.21. The molecule has 0 heterocycles. The summed E-state index contributed by atoms with van der Waals surface area (Å²) in [6.07, 6.45) is 7.02. The molecule has 0 saturated carbocycles. The molecule has 1 unspecified atom stereocenters. The minimum absolute atomic E-state index is 0.364. The number of aliphatic hydroxyl groups excluding tert-OH is 1. The van der Waals surface area contributed by atoms with Gasteiger partial charge in [-0.3, -0.25) is 0 Å². The molecule has 0 fully saturated rings. The van der Waals surface area contributed by atoms with E-state index < -0.39 is 5.60 Å². The minimum atomic E-state index is -0.833. The van der Waals surface area contributed by atoms with E-state index in [4.69, 9.17) is 14.2 Å². The smallest absolute Gasteiger partial charge is 0.143 e. The average Bonchev–Trinajstić information content (AvgIpc) is 2.92. The highest BCUT2D eigenvalue weighted by Gasteiger charge is 2.37. The quantitative estimate of drug-likeness (QED) is 0.187. The highest BCUT2D eigenvalue weighted by molar-refractivity contribution is 5.49. The third-order valence-electron chi connectivity index (χ3n) is 6.58. The second kappa shape index (κ2) is 13.9. The van der Waals surface area contributed by atoms with Crippen LogP contribution in [0.1, 0.15) is 68.6 Å². The molecule has 0 bridgehead atoms. The molecule has 0 aliphatic heterocycles. The zero-order valence-electron chi connectivity index (χ0n) is 21.4. The number of hydrogen-bond donors (Lipinski definition) is 1. The van der Waals surface area contributed by atoms with E-state index in [0.717, 1.165) is 41.0 Å². The van der Waals surface area contributed by atoms with Gasteiger partial charge in [0.1, 0.15) is 17.1 Å². The van der Waals surface area contributed by atoms with Gasteiger partial charge in [0, 0.05) is 0 Å². The molecule has 0 aliphatic rings. The summed E-state index contributed by atoms with van der Waals surface area (Å²) in [7, 11) is 3.34. The zero-order chi connectivity index (χ0) is 24.9. The van der Waals surface area contributed by atoms with Gasteiger partial charge in [-0.1, -0.05) is 93.6 Å². The van der Waals surface area contributed by atoms with Crippen LogP contribution in [0.5, 0.6) is 11.5 Å². The average molecular weight is 477 g/mol. The summed E-state index contributed by atoms with van der Waals surface area (Å²) in [4.78, 5) is 0. The minimum Gasteiger partial charge on any atom is -0.497 e. The monoisotopic (exact) mass is 476 g/mol. The molecule has 0 aromatic heterocycles. The normalized spacial score (nSPS) is 12.3. The van der Waals surface area contributed by atoms with E-state index in [1.54, 1.807) is 14.2 Å². The molecule has 0 spiro atoms. The maximum absolute atomic E-state index is 10.6. The van der Waals surface area contributed by atoms with E-state index in [9.17, 15) is 5.11 Å². The molecule has 3 aromatic rings. The van der Waals surface area contributed by atoms with Gasteiger partial charge in [0.05, 0.1) is 26.9 Å². The van der Waals surface area contributed by atoms with Crippen molar-refractivity contribution in [2.45, 2.75) is 63.6 Å². The third-order valence-corrected chi connectivity index (χ3v) is 6.58. The lowest BCUT2D eigenvalue weighted by atomic mass is 9.80. The number of methoxy groups -OCH3 is 2. The standard InChI is InChI=1S/C31H40O4/c1-4-5-6-7-11-14-28(32)23-24-35-31(25-12-9-8-10-13-25,26-15-19-29(33-2)20-16-26)27-17-21-30(34-3)22-18-27/h8-10,12-13,15-22,28,32H,4-7,11,14,23-24H2,1-3H3. The molecule has 3 aromatic carbocycles. The van der Waals surface area contributed by atoms with Crippen LogP contribution in [-0.4, -0.2) is 32.0 Å². The summed E-state index contributed by atoms with van der Waals surface area (Å²) < 4.78 is 17.6. The van der Waals surface area contributed by atoms with Crippen LogP contribution in [-0.2, 0) is 10.3 Å². The number of unbranched alkanes of at least 4 members (excludes halogenated alkanes) is 4. The Bertz CT molecular complexity index is 920. The SMILES string of the molecule is CCCCCCCC(O)CCOC(c1ccccc1)(c1ccc(OC)cc1)c1ccc(OC)cc1. The Balaban J connectivity index is 1.90.